The first-order valence-electron chi connectivity index (χ1n) is 8.13. The van der Waals surface area contributed by atoms with Crippen LogP contribution in [0.3, 0.4) is 0 Å². The molecule has 11 heteroatoms. The monoisotopic (exact) mass is 420 g/mol. The van der Waals surface area contributed by atoms with E-state index in [2.05, 4.69) is 15.5 Å². The van der Waals surface area contributed by atoms with Gasteiger partial charge in [0.15, 0.2) is 17.2 Å². The second kappa shape index (κ2) is 9.17. The van der Waals surface area contributed by atoms with Crippen LogP contribution in [0.2, 0.25) is 0 Å². The first-order valence-corrected chi connectivity index (χ1v) is 9.68. The standard InChI is InChI=1S/C18H20N4O6S/c1-11(23)17(22-21-13-6-9-15(27-2)16(10-13)28-3)18(24)20-12-4-7-14(8-5-12)29(19,25)26/h4-10,23H,1-3H3,(H,20,24)(H2,19,25,26). The van der Waals surface area contributed by atoms with E-state index in [0.29, 0.717) is 17.2 Å². The molecule has 154 valence electrons. The van der Waals surface area contributed by atoms with Gasteiger partial charge >= 0.3 is 0 Å². The van der Waals surface area contributed by atoms with E-state index in [9.17, 15) is 18.3 Å². The van der Waals surface area contributed by atoms with Gasteiger partial charge in [0.05, 0.1) is 24.8 Å². The molecule has 0 spiro atoms. The van der Waals surface area contributed by atoms with Crippen molar-refractivity contribution in [1.29, 1.82) is 0 Å². The number of hydrogen-bond acceptors (Lipinski definition) is 8. The molecule has 2 aromatic carbocycles. The van der Waals surface area contributed by atoms with E-state index in [4.69, 9.17) is 14.6 Å². The molecule has 1 amide bonds. The molecule has 29 heavy (non-hydrogen) atoms. The van der Waals surface area contributed by atoms with Gasteiger partial charge in [0.1, 0.15) is 5.76 Å². The second-order valence-electron chi connectivity index (χ2n) is 5.70. The van der Waals surface area contributed by atoms with Gasteiger partial charge in [0.2, 0.25) is 10.0 Å². The predicted octanol–water partition coefficient (Wildman–Crippen LogP) is 2.86. The normalized spacial score (nSPS) is 12.4. The van der Waals surface area contributed by atoms with Crippen LogP contribution >= 0.6 is 0 Å². The molecule has 0 atom stereocenters. The highest BCUT2D eigenvalue weighted by atomic mass is 32.2. The van der Waals surface area contributed by atoms with Gasteiger partial charge < -0.3 is 19.9 Å². The fourth-order valence-corrected chi connectivity index (χ4v) is 2.71. The molecule has 0 saturated heterocycles. The quantitative estimate of drug-likeness (QED) is 0.356. The Balaban J connectivity index is 2.20. The number of carbonyl (C=O) groups is 1. The van der Waals surface area contributed by atoms with Gasteiger partial charge in [-0.05, 0) is 43.3 Å². The van der Waals surface area contributed by atoms with E-state index in [0.717, 1.165) is 0 Å². The molecule has 0 aliphatic rings. The van der Waals surface area contributed by atoms with Crippen LogP contribution < -0.4 is 19.9 Å². The number of benzene rings is 2. The van der Waals surface area contributed by atoms with Gasteiger partial charge in [-0.1, -0.05) is 0 Å². The number of allylic oxidation sites excluding steroid dienone is 1. The fourth-order valence-electron chi connectivity index (χ4n) is 2.20. The molecule has 0 aliphatic heterocycles. The maximum atomic E-state index is 12.4. The Kier molecular flexibility index (Phi) is 6.91. The molecule has 4 N–H and O–H groups in total. The van der Waals surface area contributed by atoms with E-state index < -0.39 is 15.9 Å². The lowest BCUT2D eigenvalue weighted by Gasteiger charge is -2.08. The zero-order chi connectivity index (χ0) is 21.6. The van der Waals surface area contributed by atoms with Crippen molar-refractivity contribution in [3.63, 3.8) is 0 Å². The second-order valence-corrected chi connectivity index (χ2v) is 7.26. The lowest BCUT2D eigenvalue weighted by atomic mass is 10.3. The summed E-state index contributed by atoms with van der Waals surface area (Å²) in [5, 5.41) is 25.1. The number of amides is 1. The lowest BCUT2D eigenvalue weighted by molar-refractivity contribution is -0.113. The van der Waals surface area contributed by atoms with Crippen LogP contribution in [-0.2, 0) is 14.8 Å². The predicted molar refractivity (Wildman–Crippen MR) is 106 cm³/mol. The zero-order valence-electron chi connectivity index (χ0n) is 15.9. The smallest absolute Gasteiger partial charge is 0.279 e. The van der Waals surface area contributed by atoms with Crippen LogP contribution in [0.1, 0.15) is 6.92 Å². The summed E-state index contributed by atoms with van der Waals surface area (Å²) in [6.45, 7) is 1.28. The van der Waals surface area contributed by atoms with Crippen LogP contribution in [0, 0.1) is 0 Å². The molecular weight excluding hydrogens is 400 g/mol. The molecule has 0 saturated carbocycles. The average Bonchev–Trinajstić information content (AvgIpc) is 2.67. The minimum Gasteiger partial charge on any atom is -0.510 e. The number of carbonyl (C=O) groups excluding carboxylic acids is 1. The highest BCUT2D eigenvalue weighted by molar-refractivity contribution is 7.89. The minimum atomic E-state index is -3.84. The fraction of sp³-hybridized carbons (Fsp3) is 0.167. The first kappa shape index (κ1) is 21.9. The average molecular weight is 420 g/mol. The van der Waals surface area contributed by atoms with Crippen molar-refractivity contribution in [3.05, 3.63) is 53.9 Å². The molecule has 0 radical (unpaired) electrons. The summed E-state index contributed by atoms with van der Waals surface area (Å²) in [5.74, 6) is -0.165. The van der Waals surface area contributed by atoms with E-state index >= 15 is 0 Å². The van der Waals surface area contributed by atoms with Crippen molar-refractivity contribution in [1.82, 2.24) is 0 Å². The molecule has 0 aliphatic carbocycles. The van der Waals surface area contributed by atoms with Crippen LogP contribution in [-0.4, -0.2) is 33.7 Å². The van der Waals surface area contributed by atoms with E-state index in [1.165, 1.54) is 45.4 Å². The van der Waals surface area contributed by atoms with Crippen molar-refractivity contribution in [2.24, 2.45) is 15.4 Å². The molecule has 10 nitrogen and oxygen atoms in total. The van der Waals surface area contributed by atoms with Crippen LogP contribution in [0.15, 0.2) is 69.0 Å². The highest BCUT2D eigenvalue weighted by Crippen LogP contribution is 2.31. The maximum absolute atomic E-state index is 12.4. The number of nitrogens with zero attached hydrogens (tertiary/aromatic N) is 2. The number of sulfonamides is 1. The summed E-state index contributed by atoms with van der Waals surface area (Å²) < 4.78 is 32.9. The number of primary sulfonamides is 1. The van der Waals surface area contributed by atoms with E-state index in [-0.39, 0.29) is 22.0 Å². The Morgan fingerprint density at radius 3 is 2.21 bits per heavy atom. The Labute approximate surface area is 167 Å². The molecule has 2 aromatic rings. The SMILES string of the molecule is COc1ccc(N=NC(C(=O)Nc2ccc(S(N)(=O)=O)cc2)=C(C)O)cc1OC. The summed E-state index contributed by atoms with van der Waals surface area (Å²) >= 11 is 0. The summed E-state index contributed by atoms with van der Waals surface area (Å²) in [4.78, 5) is 12.3. The van der Waals surface area contributed by atoms with Crippen LogP contribution in [0.4, 0.5) is 11.4 Å². The number of nitrogens with two attached hydrogens (primary N) is 1. The Hall–Kier alpha value is -3.44. The summed E-state index contributed by atoms with van der Waals surface area (Å²) in [7, 11) is -0.879. The topological polar surface area (TPSA) is 153 Å². The summed E-state index contributed by atoms with van der Waals surface area (Å²) in [6, 6.07) is 9.96. The molecule has 0 bridgehead atoms. The van der Waals surface area contributed by atoms with Gasteiger partial charge in [-0.25, -0.2) is 13.6 Å². The number of azo groups is 1. The third-order valence-electron chi connectivity index (χ3n) is 3.63. The van der Waals surface area contributed by atoms with Gasteiger partial charge in [-0.15, -0.1) is 5.11 Å². The number of rotatable bonds is 7. The largest absolute Gasteiger partial charge is 0.510 e. The van der Waals surface area contributed by atoms with Crippen molar-refractivity contribution < 1.29 is 27.8 Å². The molecule has 0 unspecified atom stereocenters. The molecule has 0 fully saturated rings. The number of methoxy groups -OCH3 is 2. The summed E-state index contributed by atoms with van der Waals surface area (Å²) in [5.41, 5.74) is 0.324. The third kappa shape index (κ3) is 5.77. The minimum absolute atomic E-state index is 0.0993. The van der Waals surface area contributed by atoms with Gasteiger partial charge in [-0.3, -0.25) is 4.79 Å². The lowest BCUT2D eigenvalue weighted by Crippen LogP contribution is -2.15. The van der Waals surface area contributed by atoms with Crippen molar-refractivity contribution in [2.45, 2.75) is 11.8 Å². The van der Waals surface area contributed by atoms with Crippen LogP contribution in [0.5, 0.6) is 11.5 Å². The Morgan fingerprint density at radius 2 is 1.69 bits per heavy atom. The van der Waals surface area contributed by atoms with Gasteiger partial charge in [-0.2, -0.15) is 5.11 Å². The molecular formula is C18H20N4O6S. The third-order valence-corrected chi connectivity index (χ3v) is 4.56. The Bertz CT molecular complexity index is 1060. The first-order chi connectivity index (χ1) is 13.7. The number of nitrogens with one attached hydrogen (secondary N) is 1. The van der Waals surface area contributed by atoms with E-state index in [1.54, 1.807) is 18.2 Å². The van der Waals surface area contributed by atoms with Gasteiger partial charge in [0, 0.05) is 11.8 Å². The highest BCUT2D eigenvalue weighted by Gasteiger charge is 2.15. The van der Waals surface area contributed by atoms with Crippen molar-refractivity contribution >= 4 is 27.3 Å². The Morgan fingerprint density at radius 1 is 1.07 bits per heavy atom. The van der Waals surface area contributed by atoms with E-state index in [1.807, 2.05) is 0 Å². The number of aliphatic hydroxyl groups is 1. The molecule has 2 rings (SSSR count). The molecule has 0 aromatic heterocycles. The summed E-state index contributed by atoms with van der Waals surface area (Å²) in [6.07, 6.45) is 0. The van der Waals surface area contributed by atoms with Crippen molar-refractivity contribution in [3.8, 4) is 11.5 Å². The van der Waals surface area contributed by atoms with Gasteiger partial charge in [0.25, 0.3) is 5.91 Å². The molecule has 0 heterocycles. The van der Waals surface area contributed by atoms with Crippen molar-refractivity contribution in [2.75, 3.05) is 19.5 Å². The number of anilines is 1. The number of ether oxygens (including phenoxy) is 2. The maximum Gasteiger partial charge on any atom is 0.279 e. The number of hydrogen-bond donors (Lipinski definition) is 3. The van der Waals surface area contributed by atoms with Crippen LogP contribution in [0.25, 0.3) is 0 Å². The zero-order valence-corrected chi connectivity index (χ0v) is 16.7. The number of aliphatic hydroxyl groups excluding tert-OH is 1.